The van der Waals surface area contributed by atoms with Crippen LogP contribution in [0.15, 0.2) is 18.2 Å². The molecule has 158 valence electrons. The number of anilines is 2. The van der Waals surface area contributed by atoms with Gasteiger partial charge in [0.25, 0.3) is 0 Å². The van der Waals surface area contributed by atoms with Crippen molar-refractivity contribution >= 4 is 17.2 Å². The van der Waals surface area contributed by atoms with Gasteiger partial charge in [-0.3, -0.25) is 0 Å². The number of hydrogen-bond acceptors (Lipinski definition) is 7. The van der Waals surface area contributed by atoms with E-state index in [-0.39, 0.29) is 0 Å². The largest absolute Gasteiger partial charge is 0.394 e. The SMILES string of the molecule is CC1(C)OCc2c(N3CCOCC3)nc(-c3ccc(N)c([NH2+]O)c3)nc21.CCC. The molecule has 0 amide bonds. The Morgan fingerprint density at radius 3 is 2.55 bits per heavy atom. The van der Waals surface area contributed by atoms with E-state index < -0.39 is 5.60 Å². The van der Waals surface area contributed by atoms with E-state index in [2.05, 4.69) is 18.7 Å². The number of nitrogens with zero attached hydrogens (tertiary/aromatic N) is 3. The predicted octanol–water partition coefficient (Wildman–Crippen LogP) is 2.33. The highest BCUT2D eigenvalue weighted by atomic mass is 16.5. The maximum atomic E-state index is 9.40. The van der Waals surface area contributed by atoms with Crippen LogP contribution in [0.3, 0.4) is 0 Å². The number of fused-ring (bicyclic) bond motifs is 1. The summed E-state index contributed by atoms with van der Waals surface area (Å²) in [5.41, 5.74) is 10.2. The Labute approximate surface area is 172 Å². The minimum Gasteiger partial charge on any atom is -0.394 e. The molecule has 0 atom stereocenters. The molecule has 0 radical (unpaired) electrons. The van der Waals surface area contributed by atoms with Crippen molar-refractivity contribution in [1.82, 2.24) is 9.97 Å². The fraction of sp³-hybridized carbons (Fsp3) is 0.524. The zero-order chi connectivity index (χ0) is 21.0. The van der Waals surface area contributed by atoms with Gasteiger partial charge in [-0.2, -0.15) is 5.48 Å². The number of morpholine rings is 1. The van der Waals surface area contributed by atoms with Crippen molar-refractivity contribution < 1.29 is 20.2 Å². The Morgan fingerprint density at radius 2 is 1.90 bits per heavy atom. The lowest BCUT2D eigenvalue weighted by atomic mass is 10.0. The average molecular weight is 403 g/mol. The summed E-state index contributed by atoms with van der Waals surface area (Å²) in [7, 11) is 0. The van der Waals surface area contributed by atoms with Gasteiger partial charge in [-0.25, -0.2) is 15.2 Å². The third kappa shape index (κ3) is 4.51. The van der Waals surface area contributed by atoms with E-state index in [0.29, 0.717) is 37.0 Å². The second-order valence-corrected chi connectivity index (χ2v) is 7.78. The van der Waals surface area contributed by atoms with Crippen LogP contribution in [0.2, 0.25) is 0 Å². The standard InChI is InChI=1S/C18H23N5O3.C3H8/c1-18(2)15-12(10-26-18)17(23-5-7-25-8-6-23)21-16(20-15)11-3-4-13(19)14(9-11)22-24;1-3-2/h3-4,9,22,24H,5-8,10,19H2,1-2H3;3H2,1-2H3/p+1. The maximum absolute atomic E-state index is 9.40. The van der Waals surface area contributed by atoms with Crippen molar-refractivity contribution in [3.63, 3.8) is 0 Å². The lowest BCUT2D eigenvalue weighted by Crippen LogP contribution is -2.74. The molecule has 29 heavy (non-hydrogen) atoms. The molecule has 4 rings (SSSR count). The zero-order valence-electron chi connectivity index (χ0n) is 17.7. The molecule has 2 aliphatic rings. The van der Waals surface area contributed by atoms with Crippen molar-refractivity contribution in [3.8, 4) is 11.4 Å². The van der Waals surface area contributed by atoms with E-state index in [1.54, 1.807) is 12.1 Å². The number of nitrogens with two attached hydrogens (primary N) is 2. The molecular formula is C21H32N5O3+. The van der Waals surface area contributed by atoms with Crippen LogP contribution in [-0.2, 0) is 21.7 Å². The van der Waals surface area contributed by atoms with E-state index >= 15 is 0 Å². The number of aromatic nitrogens is 2. The van der Waals surface area contributed by atoms with E-state index in [9.17, 15) is 5.21 Å². The van der Waals surface area contributed by atoms with Gasteiger partial charge in [0.1, 0.15) is 11.4 Å². The molecule has 1 aromatic carbocycles. The molecule has 5 N–H and O–H groups in total. The highest BCUT2D eigenvalue weighted by Gasteiger charge is 2.37. The van der Waals surface area contributed by atoms with Crippen LogP contribution in [0.1, 0.15) is 45.4 Å². The molecule has 0 bridgehead atoms. The van der Waals surface area contributed by atoms with Crippen molar-refractivity contribution in [2.24, 2.45) is 0 Å². The van der Waals surface area contributed by atoms with Gasteiger partial charge < -0.3 is 20.1 Å². The molecule has 0 unspecified atom stereocenters. The smallest absolute Gasteiger partial charge is 0.185 e. The van der Waals surface area contributed by atoms with Crippen molar-refractivity contribution in [2.75, 3.05) is 36.9 Å². The Bertz CT molecular complexity index is 850. The van der Waals surface area contributed by atoms with E-state index in [4.69, 9.17) is 25.2 Å². The maximum Gasteiger partial charge on any atom is 0.185 e. The van der Waals surface area contributed by atoms with Crippen molar-refractivity contribution in [2.45, 2.75) is 46.3 Å². The van der Waals surface area contributed by atoms with Gasteiger partial charge in [-0.1, -0.05) is 20.3 Å². The second-order valence-electron chi connectivity index (χ2n) is 7.78. The summed E-state index contributed by atoms with van der Waals surface area (Å²) < 4.78 is 11.4. The molecule has 1 aromatic heterocycles. The number of nitrogen functional groups attached to an aromatic ring is 1. The van der Waals surface area contributed by atoms with E-state index in [0.717, 1.165) is 41.2 Å². The monoisotopic (exact) mass is 402 g/mol. The van der Waals surface area contributed by atoms with Gasteiger partial charge >= 0.3 is 0 Å². The molecule has 0 saturated carbocycles. The average Bonchev–Trinajstić information content (AvgIpc) is 3.04. The Balaban J connectivity index is 0.000000755. The van der Waals surface area contributed by atoms with Gasteiger partial charge in [0.05, 0.1) is 31.2 Å². The summed E-state index contributed by atoms with van der Waals surface area (Å²) in [6.07, 6.45) is 1.25. The van der Waals surface area contributed by atoms with Gasteiger partial charge in [0.2, 0.25) is 0 Å². The molecule has 0 aliphatic carbocycles. The Morgan fingerprint density at radius 1 is 1.21 bits per heavy atom. The fourth-order valence-electron chi connectivity index (χ4n) is 3.42. The van der Waals surface area contributed by atoms with E-state index in [1.807, 2.05) is 19.9 Å². The summed E-state index contributed by atoms with van der Waals surface area (Å²) in [4.78, 5) is 11.9. The Hall–Kier alpha value is -2.26. The number of hydrogen-bond donors (Lipinski definition) is 3. The third-order valence-electron chi connectivity index (χ3n) is 4.93. The molecule has 1 saturated heterocycles. The first-order valence-electron chi connectivity index (χ1n) is 10.2. The fourth-order valence-corrected chi connectivity index (χ4v) is 3.42. The van der Waals surface area contributed by atoms with Crippen molar-refractivity contribution in [3.05, 3.63) is 29.5 Å². The molecular weight excluding hydrogens is 370 g/mol. The number of quaternary nitrogens is 1. The van der Waals surface area contributed by atoms with Crippen LogP contribution in [-0.4, -0.2) is 41.5 Å². The lowest BCUT2D eigenvalue weighted by molar-refractivity contribution is -0.825. The molecule has 1 fully saturated rings. The first-order chi connectivity index (χ1) is 13.9. The topological polar surface area (TPSA) is 110 Å². The van der Waals surface area contributed by atoms with Crippen molar-refractivity contribution in [1.29, 1.82) is 0 Å². The second kappa shape index (κ2) is 9.04. The number of rotatable bonds is 3. The molecule has 8 nitrogen and oxygen atoms in total. The first-order valence-corrected chi connectivity index (χ1v) is 10.2. The Kier molecular flexibility index (Phi) is 6.69. The molecule has 2 aliphatic heterocycles. The normalized spacial score (nSPS) is 17.5. The highest BCUT2D eigenvalue weighted by Crippen LogP contribution is 2.40. The molecule has 2 aromatic rings. The predicted molar refractivity (Wildman–Crippen MR) is 112 cm³/mol. The van der Waals surface area contributed by atoms with Gasteiger partial charge in [0.15, 0.2) is 11.5 Å². The summed E-state index contributed by atoms with van der Waals surface area (Å²) in [6.45, 7) is 11.8. The first kappa shape index (κ1) is 21.4. The van der Waals surface area contributed by atoms with Crippen LogP contribution in [0.25, 0.3) is 11.4 Å². The summed E-state index contributed by atoms with van der Waals surface area (Å²) in [5.74, 6) is 1.51. The highest BCUT2D eigenvalue weighted by molar-refractivity contribution is 5.69. The van der Waals surface area contributed by atoms with E-state index in [1.165, 1.54) is 6.42 Å². The van der Waals surface area contributed by atoms with Crippen LogP contribution in [0.4, 0.5) is 17.2 Å². The minimum absolute atomic E-state index is 0.464. The molecule has 8 heteroatoms. The van der Waals surface area contributed by atoms with Gasteiger partial charge in [-0.05, 0) is 26.0 Å². The van der Waals surface area contributed by atoms with Crippen LogP contribution < -0.4 is 16.1 Å². The van der Waals surface area contributed by atoms with Crippen LogP contribution in [0.5, 0.6) is 0 Å². The van der Waals surface area contributed by atoms with Gasteiger partial charge in [0, 0.05) is 30.3 Å². The summed E-state index contributed by atoms with van der Waals surface area (Å²) in [5, 5.41) is 9.40. The zero-order valence-corrected chi connectivity index (χ0v) is 17.7. The minimum atomic E-state index is -0.464. The summed E-state index contributed by atoms with van der Waals surface area (Å²) in [6, 6.07) is 5.42. The lowest BCUT2D eigenvalue weighted by Gasteiger charge is -2.29. The quantitative estimate of drug-likeness (QED) is 0.534. The van der Waals surface area contributed by atoms with Gasteiger partial charge in [-0.15, -0.1) is 0 Å². The number of benzene rings is 1. The molecule has 0 spiro atoms. The van der Waals surface area contributed by atoms with Crippen LogP contribution >= 0.6 is 0 Å². The summed E-state index contributed by atoms with van der Waals surface area (Å²) >= 11 is 0. The third-order valence-corrected chi connectivity index (χ3v) is 4.93. The van der Waals surface area contributed by atoms with Crippen LogP contribution in [0, 0.1) is 0 Å². The number of ether oxygens (including phenoxy) is 2. The molecule has 3 heterocycles.